The van der Waals surface area contributed by atoms with Gasteiger partial charge >= 0.3 is 6.01 Å². The van der Waals surface area contributed by atoms with Gasteiger partial charge in [0.1, 0.15) is 24.1 Å². The number of fused-ring (bicyclic) bond motifs is 3. The normalized spacial score (nSPS) is 25.3. The van der Waals surface area contributed by atoms with Crippen LogP contribution in [0.5, 0.6) is 6.01 Å². The molecule has 42 heavy (non-hydrogen) atoms. The molecule has 3 atom stereocenters. The molecule has 11 heteroatoms. The van der Waals surface area contributed by atoms with E-state index in [-0.39, 0.29) is 25.0 Å². The Morgan fingerprint density at radius 3 is 2.67 bits per heavy atom. The number of nitrogens with zero attached hydrogens (tertiary/aromatic N) is 6. The van der Waals surface area contributed by atoms with Crippen molar-refractivity contribution in [1.82, 2.24) is 19.8 Å². The second kappa shape index (κ2) is 11.2. The van der Waals surface area contributed by atoms with E-state index in [1.54, 1.807) is 0 Å². The van der Waals surface area contributed by atoms with Gasteiger partial charge in [-0.05, 0) is 75.7 Å². The summed E-state index contributed by atoms with van der Waals surface area (Å²) in [5.41, 5.74) is 2.64. The van der Waals surface area contributed by atoms with E-state index in [4.69, 9.17) is 14.7 Å². The van der Waals surface area contributed by atoms with Gasteiger partial charge in [-0.2, -0.15) is 15.2 Å². The summed E-state index contributed by atoms with van der Waals surface area (Å²) in [5, 5.41) is 9.46. The van der Waals surface area contributed by atoms with Gasteiger partial charge in [0.05, 0.1) is 24.2 Å². The number of anilines is 1. The van der Waals surface area contributed by atoms with Gasteiger partial charge in [0, 0.05) is 42.7 Å². The summed E-state index contributed by atoms with van der Waals surface area (Å²) in [7, 11) is 2.07. The number of nitriles is 1. The van der Waals surface area contributed by atoms with Crippen molar-refractivity contribution in [2.45, 2.75) is 68.9 Å². The highest BCUT2D eigenvalue weighted by Gasteiger charge is 2.45. The first-order valence-corrected chi connectivity index (χ1v) is 14.7. The van der Waals surface area contributed by atoms with E-state index in [9.17, 15) is 23.2 Å². The number of hydrogen-bond donors (Lipinski definition) is 0. The van der Waals surface area contributed by atoms with Crippen molar-refractivity contribution >= 4 is 11.7 Å². The maximum atomic E-state index is 14.7. The Labute approximate surface area is 243 Å². The van der Waals surface area contributed by atoms with Crippen molar-refractivity contribution in [3.05, 3.63) is 58.6 Å². The molecular formula is C31H35F3N6O2. The van der Waals surface area contributed by atoms with E-state index in [0.29, 0.717) is 63.2 Å². The number of likely N-dealkylation sites (tertiary alicyclic amines) is 1. The number of hydrogen-bond acceptors (Lipinski definition) is 7. The van der Waals surface area contributed by atoms with Crippen LogP contribution in [0.2, 0.25) is 0 Å². The van der Waals surface area contributed by atoms with Crippen LogP contribution in [0.3, 0.4) is 0 Å². The Balaban J connectivity index is 1.35. The van der Waals surface area contributed by atoms with Gasteiger partial charge in [-0.15, -0.1) is 0 Å². The second-order valence-corrected chi connectivity index (χ2v) is 12.1. The summed E-state index contributed by atoms with van der Waals surface area (Å²) < 4.78 is 49.0. The topological polar surface area (TPSA) is 85.6 Å². The Hall–Kier alpha value is -3.65. The van der Waals surface area contributed by atoms with Crippen LogP contribution in [0.15, 0.2) is 24.5 Å². The molecule has 0 saturated carbocycles. The molecule has 1 unspecified atom stereocenters. The molecule has 4 aliphatic rings. The molecule has 2 aromatic rings. The lowest BCUT2D eigenvalue weighted by Crippen LogP contribution is -2.55. The standard InChI is InChI=1S/C31H35F3N6O2/c1-19(32)29(41)40-13-12-39(17-21(40)7-10-35)28-24-6-9-31(8-5-23-25(31)14-20(33)15-26(23)34)16-27(24)36-30(37-28)42-18-22-4-3-11-38(22)2/h14-15,21-22H,1,3-9,11-13,16-18H2,2H3/t21-,22-,31?/m0/s1. The Morgan fingerprint density at radius 1 is 1.17 bits per heavy atom. The van der Waals surface area contributed by atoms with Crippen molar-refractivity contribution in [2.24, 2.45) is 0 Å². The third-order valence-corrected chi connectivity index (χ3v) is 9.67. The molecule has 1 spiro atoms. The van der Waals surface area contributed by atoms with Crippen LogP contribution >= 0.6 is 0 Å². The molecule has 1 aromatic heterocycles. The minimum Gasteiger partial charge on any atom is -0.462 e. The van der Waals surface area contributed by atoms with E-state index in [2.05, 4.69) is 24.6 Å². The van der Waals surface area contributed by atoms with Crippen molar-refractivity contribution in [3.63, 3.8) is 0 Å². The van der Waals surface area contributed by atoms with Gasteiger partial charge in [0.15, 0.2) is 5.83 Å². The van der Waals surface area contributed by atoms with E-state index in [1.807, 2.05) is 4.90 Å². The van der Waals surface area contributed by atoms with Gasteiger partial charge < -0.3 is 19.4 Å². The summed E-state index contributed by atoms with van der Waals surface area (Å²) in [6.45, 7) is 5.50. The molecule has 222 valence electrons. The van der Waals surface area contributed by atoms with E-state index >= 15 is 0 Å². The highest BCUT2D eigenvalue weighted by atomic mass is 19.1. The zero-order valence-electron chi connectivity index (χ0n) is 23.8. The van der Waals surface area contributed by atoms with Crippen LogP contribution in [0, 0.1) is 23.0 Å². The number of halogens is 3. The SMILES string of the molecule is C=C(F)C(=O)N1CCN(c2nc(OC[C@@H]3CCCN3C)nc3c2CCC2(CCc4c(F)cc(F)cc42)C3)C[C@@H]1CC#N. The Bertz CT molecular complexity index is 1460. The van der Waals surface area contributed by atoms with E-state index < -0.39 is 34.8 Å². The van der Waals surface area contributed by atoms with Gasteiger partial charge in [0.25, 0.3) is 5.91 Å². The second-order valence-electron chi connectivity index (χ2n) is 12.1. The number of carbonyl (C=O) groups excluding carboxylic acids is 1. The van der Waals surface area contributed by atoms with Gasteiger partial charge in [-0.25, -0.2) is 13.2 Å². The van der Waals surface area contributed by atoms with Gasteiger partial charge in [-0.3, -0.25) is 4.79 Å². The Morgan fingerprint density at radius 2 is 1.95 bits per heavy atom. The number of piperazine rings is 1. The molecule has 2 fully saturated rings. The maximum absolute atomic E-state index is 14.7. The molecule has 0 radical (unpaired) electrons. The summed E-state index contributed by atoms with van der Waals surface area (Å²) in [6, 6.07) is 4.53. The van der Waals surface area contributed by atoms with Crippen LogP contribution < -0.4 is 9.64 Å². The number of benzene rings is 1. The maximum Gasteiger partial charge on any atom is 0.318 e. The summed E-state index contributed by atoms with van der Waals surface area (Å²) in [6.07, 6.45) is 5.24. The van der Waals surface area contributed by atoms with Crippen molar-refractivity contribution in [3.8, 4) is 12.1 Å². The molecule has 0 bridgehead atoms. The van der Waals surface area contributed by atoms with E-state index in [1.165, 1.54) is 11.0 Å². The summed E-state index contributed by atoms with van der Waals surface area (Å²) in [5.74, 6) is -2.23. The third-order valence-electron chi connectivity index (χ3n) is 9.67. The molecule has 2 aliphatic heterocycles. The first-order chi connectivity index (χ1) is 20.2. The molecule has 1 amide bonds. The zero-order chi connectivity index (χ0) is 29.6. The van der Waals surface area contributed by atoms with Crippen LogP contribution in [0.4, 0.5) is 19.0 Å². The molecule has 3 heterocycles. The summed E-state index contributed by atoms with van der Waals surface area (Å²) >= 11 is 0. The number of aromatic nitrogens is 2. The fourth-order valence-electron chi connectivity index (χ4n) is 7.38. The number of rotatable bonds is 6. The molecule has 2 aliphatic carbocycles. The molecule has 1 aromatic carbocycles. The minimum atomic E-state index is -1.05. The first kappa shape index (κ1) is 28.5. The number of amides is 1. The predicted molar refractivity (Wildman–Crippen MR) is 150 cm³/mol. The monoisotopic (exact) mass is 580 g/mol. The largest absolute Gasteiger partial charge is 0.462 e. The van der Waals surface area contributed by atoms with Crippen LogP contribution in [-0.2, 0) is 29.5 Å². The molecule has 8 nitrogen and oxygen atoms in total. The van der Waals surface area contributed by atoms with Crippen LogP contribution in [0.25, 0.3) is 0 Å². The predicted octanol–water partition coefficient (Wildman–Crippen LogP) is 4.01. The third kappa shape index (κ3) is 5.10. The lowest BCUT2D eigenvalue weighted by molar-refractivity contribution is -0.131. The molecule has 0 N–H and O–H groups in total. The van der Waals surface area contributed by atoms with Crippen molar-refractivity contribution in [2.75, 3.05) is 44.7 Å². The number of ether oxygens (including phenoxy) is 1. The van der Waals surface area contributed by atoms with Gasteiger partial charge in [0.2, 0.25) is 0 Å². The van der Waals surface area contributed by atoms with Crippen LogP contribution in [-0.4, -0.2) is 77.6 Å². The highest BCUT2D eigenvalue weighted by Crippen LogP contribution is 2.49. The first-order valence-electron chi connectivity index (χ1n) is 14.7. The lowest BCUT2D eigenvalue weighted by atomic mass is 9.69. The quantitative estimate of drug-likeness (QED) is 0.478. The van der Waals surface area contributed by atoms with Crippen LogP contribution in [0.1, 0.15) is 54.5 Å². The molecular weight excluding hydrogens is 545 g/mol. The fourth-order valence-corrected chi connectivity index (χ4v) is 7.38. The summed E-state index contributed by atoms with van der Waals surface area (Å²) in [4.78, 5) is 27.9. The van der Waals surface area contributed by atoms with E-state index in [0.717, 1.165) is 42.3 Å². The fraction of sp³-hybridized carbons (Fsp3) is 0.548. The van der Waals surface area contributed by atoms with Crippen molar-refractivity contribution in [1.29, 1.82) is 5.26 Å². The highest BCUT2D eigenvalue weighted by molar-refractivity contribution is 5.91. The average Bonchev–Trinajstić information content (AvgIpc) is 3.54. The van der Waals surface area contributed by atoms with Crippen molar-refractivity contribution < 1.29 is 22.7 Å². The van der Waals surface area contributed by atoms with Gasteiger partial charge in [-0.1, -0.05) is 6.58 Å². The number of carbonyl (C=O) groups is 1. The minimum absolute atomic E-state index is 0.0389. The zero-order valence-corrected chi connectivity index (χ0v) is 23.8. The Kier molecular flexibility index (Phi) is 7.60. The average molecular weight is 581 g/mol. The molecule has 6 rings (SSSR count). The lowest BCUT2D eigenvalue weighted by Gasteiger charge is -2.42. The molecule has 2 saturated heterocycles. The number of likely N-dealkylation sites (N-methyl/N-ethyl adjacent to an activating group) is 1. The smallest absolute Gasteiger partial charge is 0.318 e.